The van der Waals surface area contributed by atoms with Gasteiger partial charge >= 0.3 is 0 Å². The van der Waals surface area contributed by atoms with Crippen LogP contribution in [0.3, 0.4) is 0 Å². The maximum atomic E-state index is 12.2. The second-order valence-corrected chi connectivity index (χ2v) is 10.2. The van der Waals surface area contributed by atoms with Gasteiger partial charge in [0, 0.05) is 53.2 Å². The number of likely N-dealkylation sites (N-methyl/N-ethyl adjacent to an activating group) is 1. The van der Waals surface area contributed by atoms with Gasteiger partial charge < -0.3 is 20.1 Å². The lowest BCUT2D eigenvalue weighted by Crippen LogP contribution is -2.13. The lowest BCUT2D eigenvalue weighted by atomic mass is 10.2. The predicted octanol–water partition coefficient (Wildman–Crippen LogP) is 6.38. The fraction of sp³-hybridized carbons (Fsp3) is 0.125. The summed E-state index contributed by atoms with van der Waals surface area (Å²) < 4.78 is 2.21. The van der Waals surface area contributed by atoms with E-state index in [1.165, 1.54) is 17.8 Å². The highest BCUT2D eigenvalue weighted by molar-refractivity contribution is 6.32. The number of rotatable bonds is 11. The first-order valence-electron chi connectivity index (χ1n) is 13.4. The van der Waals surface area contributed by atoms with Crippen molar-refractivity contribution in [2.45, 2.75) is 6.54 Å². The zero-order valence-electron chi connectivity index (χ0n) is 23.3. The molecule has 2 aromatic heterocycles. The van der Waals surface area contributed by atoms with E-state index in [9.17, 15) is 4.79 Å². The number of halogens is 1. The minimum atomic E-state index is -0.207. The summed E-state index contributed by atoms with van der Waals surface area (Å²) in [5.41, 5.74) is 7.56. The molecular formula is C32H31ClN8O. The number of nitrogens with zero attached hydrogens (tertiary/aromatic N) is 5. The van der Waals surface area contributed by atoms with Crippen LogP contribution in [-0.4, -0.2) is 52.2 Å². The third kappa shape index (κ3) is 7.60. The van der Waals surface area contributed by atoms with Gasteiger partial charge in [0.25, 0.3) is 0 Å². The number of aromatic nitrogens is 3. The smallest absolute Gasteiger partial charge is 0.248 e. The monoisotopic (exact) mass is 578 g/mol. The summed E-state index contributed by atoms with van der Waals surface area (Å²) in [6.45, 7) is 1.44. The van der Waals surface area contributed by atoms with Gasteiger partial charge in [-0.2, -0.15) is 10.1 Å². The van der Waals surface area contributed by atoms with Gasteiger partial charge in [-0.25, -0.2) is 10.4 Å². The second kappa shape index (κ2) is 13.6. The van der Waals surface area contributed by atoms with E-state index in [0.29, 0.717) is 28.8 Å². The maximum absolute atomic E-state index is 12.2. The number of hydrogen-bond acceptors (Lipinski definition) is 7. The fourth-order valence-electron chi connectivity index (χ4n) is 4.32. The van der Waals surface area contributed by atoms with Gasteiger partial charge in [-0.1, -0.05) is 72.3 Å². The molecule has 9 nitrogen and oxygen atoms in total. The lowest BCUT2D eigenvalue weighted by molar-refractivity contribution is -0.111. The molecular weight excluding hydrogens is 548 g/mol. The van der Waals surface area contributed by atoms with Crippen LogP contribution in [0.4, 0.5) is 23.1 Å². The van der Waals surface area contributed by atoms with E-state index in [2.05, 4.69) is 66.2 Å². The maximum Gasteiger partial charge on any atom is 0.248 e. The van der Waals surface area contributed by atoms with Crippen molar-refractivity contribution in [3.05, 3.63) is 120 Å². The molecule has 42 heavy (non-hydrogen) atoms. The molecule has 10 heteroatoms. The lowest BCUT2D eigenvalue weighted by Gasteiger charge is -2.10. The molecule has 0 aliphatic heterocycles. The van der Waals surface area contributed by atoms with Crippen molar-refractivity contribution < 1.29 is 4.79 Å². The summed E-state index contributed by atoms with van der Waals surface area (Å²) in [5, 5.41) is 11.9. The zero-order valence-corrected chi connectivity index (χ0v) is 24.1. The van der Waals surface area contributed by atoms with Gasteiger partial charge in [0.2, 0.25) is 11.9 Å². The molecule has 5 rings (SSSR count). The standard InChI is InChI=1S/C32H31ClN8O/c1-40(2)17-9-16-30(42)36-25-12-8-13-26(18-25)37-31-28(33)20-34-32(38-31)39-35-19-24-22-41(21-23-10-4-3-5-11-23)29-15-7-6-14-27(24)29/h3-16,18-20,22H,17,21H2,1-2H3,(H,36,42)(H2,34,37,38,39)/b16-9+,35-19+. The van der Waals surface area contributed by atoms with E-state index < -0.39 is 0 Å². The Bertz CT molecular complexity index is 1730. The fourth-order valence-corrected chi connectivity index (χ4v) is 4.46. The first kappa shape index (κ1) is 28.5. The Morgan fingerprint density at radius 2 is 1.81 bits per heavy atom. The highest BCUT2D eigenvalue weighted by Crippen LogP contribution is 2.26. The Morgan fingerprint density at radius 3 is 2.64 bits per heavy atom. The van der Waals surface area contributed by atoms with Crippen LogP contribution in [-0.2, 0) is 11.3 Å². The number of hydrogen-bond donors (Lipinski definition) is 3. The molecule has 0 atom stereocenters. The SMILES string of the molecule is CN(C)C/C=C/C(=O)Nc1cccc(Nc2nc(N/N=C/c3cn(Cc4ccccc4)c4ccccc34)ncc2Cl)c1. The van der Waals surface area contributed by atoms with E-state index in [1.807, 2.05) is 67.5 Å². The summed E-state index contributed by atoms with van der Waals surface area (Å²) in [6.07, 6.45) is 8.66. The molecule has 3 aromatic carbocycles. The van der Waals surface area contributed by atoms with E-state index in [4.69, 9.17) is 11.6 Å². The summed E-state index contributed by atoms with van der Waals surface area (Å²) in [4.78, 5) is 22.9. The average molecular weight is 579 g/mol. The third-order valence-electron chi connectivity index (χ3n) is 6.26. The third-order valence-corrected chi connectivity index (χ3v) is 6.54. The Hall–Kier alpha value is -4.99. The second-order valence-electron chi connectivity index (χ2n) is 9.83. The van der Waals surface area contributed by atoms with Crippen LogP contribution in [0.15, 0.2) is 109 Å². The molecule has 5 aromatic rings. The van der Waals surface area contributed by atoms with Gasteiger partial charge in [0.05, 0.1) is 12.4 Å². The van der Waals surface area contributed by atoms with Crippen LogP contribution in [0.25, 0.3) is 10.9 Å². The van der Waals surface area contributed by atoms with Crippen LogP contribution in [0.1, 0.15) is 11.1 Å². The molecule has 0 unspecified atom stereocenters. The number of carbonyl (C=O) groups is 1. The minimum absolute atomic E-state index is 0.207. The molecule has 0 fully saturated rings. The van der Waals surface area contributed by atoms with E-state index >= 15 is 0 Å². The molecule has 0 bridgehead atoms. The highest BCUT2D eigenvalue weighted by atomic mass is 35.5. The van der Waals surface area contributed by atoms with Gasteiger partial charge in [-0.15, -0.1) is 0 Å². The average Bonchev–Trinajstić information content (AvgIpc) is 3.32. The van der Waals surface area contributed by atoms with Crippen LogP contribution in [0, 0.1) is 0 Å². The molecule has 1 amide bonds. The summed E-state index contributed by atoms with van der Waals surface area (Å²) in [5.74, 6) is 0.474. The number of para-hydroxylation sites is 1. The summed E-state index contributed by atoms with van der Waals surface area (Å²) >= 11 is 6.38. The quantitative estimate of drug-likeness (QED) is 0.0955. The molecule has 0 saturated heterocycles. The van der Waals surface area contributed by atoms with Crippen molar-refractivity contribution in [2.24, 2.45) is 5.10 Å². The normalized spacial score (nSPS) is 11.5. The van der Waals surface area contributed by atoms with Crippen LogP contribution in [0.5, 0.6) is 0 Å². The molecule has 0 aliphatic carbocycles. The summed E-state index contributed by atoms with van der Waals surface area (Å²) in [7, 11) is 3.88. The number of nitrogens with one attached hydrogen (secondary N) is 3. The number of benzene rings is 3. The van der Waals surface area contributed by atoms with Gasteiger partial charge in [-0.05, 0) is 43.9 Å². The molecule has 0 saturated carbocycles. The van der Waals surface area contributed by atoms with Gasteiger partial charge in [-0.3, -0.25) is 4.79 Å². The minimum Gasteiger partial charge on any atom is -0.342 e. The van der Waals surface area contributed by atoms with Crippen molar-refractivity contribution in [3.8, 4) is 0 Å². The molecule has 0 radical (unpaired) electrons. The number of carbonyl (C=O) groups excluding carboxylic acids is 1. The predicted molar refractivity (Wildman–Crippen MR) is 172 cm³/mol. The van der Waals surface area contributed by atoms with Crippen LogP contribution in [0.2, 0.25) is 5.02 Å². The Kier molecular flexibility index (Phi) is 9.23. The van der Waals surface area contributed by atoms with Crippen molar-refractivity contribution in [2.75, 3.05) is 36.7 Å². The Morgan fingerprint density at radius 1 is 1.02 bits per heavy atom. The van der Waals surface area contributed by atoms with Crippen LogP contribution >= 0.6 is 11.6 Å². The van der Waals surface area contributed by atoms with Gasteiger partial charge in [0.15, 0.2) is 5.82 Å². The topological polar surface area (TPSA) is 99.5 Å². The van der Waals surface area contributed by atoms with E-state index in [0.717, 1.165) is 23.0 Å². The highest BCUT2D eigenvalue weighted by Gasteiger charge is 2.09. The first-order chi connectivity index (χ1) is 20.4. The number of anilines is 4. The number of hydrazone groups is 1. The van der Waals surface area contributed by atoms with Crippen LogP contribution < -0.4 is 16.1 Å². The molecule has 212 valence electrons. The van der Waals surface area contributed by atoms with Crippen molar-refractivity contribution in [3.63, 3.8) is 0 Å². The van der Waals surface area contributed by atoms with E-state index in [-0.39, 0.29) is 11.9 Å². The number of fused-ring (bicyclic) bond motifs is 1. The van der Waals surface area contributed by atoms with Crippen molar-refractivity contribution in [1.29, 1.82) is 0 Å². The number of amides is 1. The van der Waals surface area contributed by atoms with Crippen molar-refractivity contribution in [1.82, 2.24) is 19.4 Å². The molecule has 0 aliphatic rings. The largest absolute Gasteiger partial charge is 0.342 e. The first-order valence-corrected chi connectivity index (χ1v) is 13.7. The Labute approximate surface area is 249 Å². The Balaban J connectivity index is 1.27. The summed E-state index contributed by atoms with van der Waals surface area (Å²) in [6, 6.07) is 25.9. The van der Waals surface area contributed by atoms with E-state index in [1.54, 1.807) is 18.4 Å². The molecule has 2 heterocycles. The molecule has 0 spiro atoms. The van der Waals surface area contributed by atoms with Gasteiger partial charge in [0.1, 0.15) is 5.02 Å². The van der Waals surface area contributed by atoms with Crippen molar-refractivity contribution >= 4 is 57.8 Å². The zero-order chi connectivity index (χ0) is 29.3. The molecule has 3 N–H and O–H groups in total.